The van der Waals surface area contributed by atoms with Crippen molar-refractivity contribution in [3.8, 4) is 0 Å². The van der Waals surface area contributed by atoms with Gasteiger partial charge in [0.15, 0.2) is 0 Å². The summed E-state index contributed by atoms with van der Waals surface area (Å²) in [5, 5.41) is 7.24. The lowest BCUT2D eigenvalue weighted by Gasteiger charge is -2.05. The van der Waals surface area contributed by atoms with E-state index in [1.54, 1.807) is 6.07 Å². The summed E-state index contributed by atoms with van der Waals surface area (Å²) in [6, 6.07) is 3.57. The molecule has 0 aliphatic heterocycles. The minimum atomic E-state index is -0.132. The minimum absolute atomic E-state index is 0.0838. The normalized spacial score (nSPS) is 9.71. The molecular weight excluding hydrogens is 236 g/mol. The Hall–Kier alpha value is -1.62. The molecule has 1 rings (SSSR count). The van der Waals surface area contributed by atoms with Gasteiger partial charge in [-0.05, 0) is 18.4 Å². The topological polar surface area (TPSA) is 58.2 Å². The van der Waals surface area contributed by atoms with Crippen LogP contribution in [0.25, 0.3) is 0 Å². The van der Waals surface area contributed by atoms with Crippen LogP contribution in [0.4, 0.5) is 0 Å². The summed E-state index contributed by atoms with van der Waals surface area (Å²) in [7, 11) is 0. The Morgan fingerprint density at radius 3 is 2.76 bits per heavy atom. The first-order chi connectivity index (χ1) is 8.09. The molecule has 2 N–H and O–H groups in total. The SMILES string of the molecule is C=C(C)CNC(=O)CCNC(=O)c1cccs1. The summed E-state index contributed by atoms with van der Waals surface area (Å²) < 4.78 is 0. The summed E-state index contributed by atoms with van der Waals surface area (Å²) >= 11 is 1.38. The van der Waals surface area contributed by atoms with Gasteiger partial charge in [0.05, 0.1) is 4.88 Å². The molecule has 1 aromatic heterocycles. The third-order valence-corrected chi connectivity index (χ3v) is 2.84. The van der Waals surface area contributed by atoms with E-state index >= 15 is 0 Å². The number of hydrogen-bond acceptors (Lipinski definition) is 3. The first kappa shape index (κ1) is 13.4. The van der Waals surface area contributed by atoms with Crippen molar-refractivity contribution in [2.75, 3.05) is 13.1 Å². The van der Waals surface area contributed by atoms with Crippen LogP contribution in [0, 0.1) is 0 Å². The van der Waals surface area contributed by atoms with Crippen molar-refractivity contribution in [2.24, 2.45) is 0 Å². The quantitative estimate of drug-likeness (QED) is 0.755. The van der Waals surface area contributed by atoms with Gasteiger partial charge < -0.3 is 10.6 Å². The van der Waals surface area contributed by atoms with Crippen LogP contribution >= 0.6 is 11.3 Å². The Labute approximate surface area is 105 Å². The van der Waals surface area contributed by atoms with Crippen LogP contribution in [-0.4, -0.2) is 24.9 Å². The lowest BCUT2D eigenvalue weighted by atomic mass is 10.3. The molecule has 0 fully saturated rings. The zero-order valence-corrected chi connectivity index (χ0v) is 10.6. The van der Waals surface area contributed by atoms with Crippen LogP contribution < -0.4 is 10.6 Å². The molecule has 0 aliphatic carbocycles. The largest absolute Gasteiger partial charge is 0.352 e. The van der Waals surface area contributed by atoms with Gasteiger partial charge in [-0.3, -0.25) is 9.59 Å². The fraction of sp³-hybridized carbons (Fsp3) is 0.333. The molecule has 2 amide bonds. The van der Waals surface area contributed by atoms with Crippen molar-refractivity contribution in [2.45, 2.75) is 13.3 Å². The smallest absolute Gasteiger partial charge is 0.261 e. The van der Waals surface area contributed by atoms with Crippen molar-refractivity contribution >= 4 is 23.2 Å². The highest BCUT2D eigenvalue weighted by molar-refractivity contribution is 7.12. The first-order valence-corrected chi connectivity index (χ1v) is 6.20. The molecule has 5 heteroatoms. The van der Waals surface area contributed by atoms with E-state index < -0.39 is 0 Å². The Morgan fingerprint density at radius 2 is 2.18 bits per heavy atom. The first-order valence-electron chi connectivity index (χ1n) is 5.32. The molecule has 0 spiro atoms. The highest BCUT2D eigenvalue weighted by atomic mass is 32.1. The monoisotopic (exact) mass is 252 g/mol. The van der Waals surface area contributed by atoms with Crippen LogP contribution in [0.3, 0.4) is 0 Å². The van der Waals surface area contributed by atoms with E-state index in [2.05, 4.69) is 17.2 Å². The zero-order valence-electron chi connectivity index (χ0n) is 9.79. The predicted octanol–water partition coefficient (Wildman–Crippen LogP) is 1.56. The third-order valence-electron chi connectivity index (χ3n) is 1.97. The van der Waals surface area contributed by atoms with Crippen LogP contribution in [-0.2, 0) is 4.79 Å². The lowest BCUT2D eigenvalue weighted by molar-refractivity contribution is -0.120. The maximum absolute atomic E-state index is 11.5. The Bertz CT molecular complexity index is 399. The molecule has 92 valence electrons. The van der Waals surface area contributed by atoms with Crippen molar-refractivity contribution in [1.29, 1.82) is 0 Å². The Morgan fingerprint density at radius 1 is 1.41 bits per heavy atom. The number of hydrogen-bond donors (Lipinski definition) is 2. The molecule has 0 unspecified atom stereocenters. The summed E-state index contributed by atoms with van der Waals surface area (Å²) in [5.41, 5.74) is 0.904. The maximum atomic E-state index is 11.5. The van der Waals surface area contributed by atoms with E-state index in [0.717, 1.165) is 5.57 Å². The second kappa shape index (κ2) is 6.85. The van der Waals surface area contributed by atoms with Crippen molar-refractivity contribution in [3.05, 3.63) is 34.5 Å². The average molecular weight is 252 g/mol. The van der Waals surface area contributed by atoms with Crippen molar-refractivity contribution in [1.82, 2.24) is 10.6 Å². The second-order valence-electron chi connectivity index (χ2n) is 3.72. The molecule has 0 bridgehead atoms. The van der Waals surface area contributed by atoms with Gasteiger partial charge in [-0.15, -0.1) is 11.3 Å². The third kappa shape index (κ3) is 5.31. The van der Waals surface area contributed by atoms with Gasteiger partial charge in [-0.2, -0.15) is 0 Å². The summed E-state index contributed by atoms with van der Waals surface area (Å²) in [6.45, 7) is 6.36. The lowest BCUT2D eigenvalue weighted by Crippen LogP contribution is -2.31. The zero-order chi connectivity index (χ0) is 12.7. The van der Waals surface area contributed by atoms with Gasteiger partial charge in [-0.25, -0.2) is 0 Å². The molecule has 4 nitrogen and oxygen atoms in total. The molecule has 1 aromatic rings. The maximum Gasteiger partial charge on any atom is 0.261 e. The number of carbonyl (C=O) groups is 2. The molecule has 17 heavy (non-hydrogen) atoms. The highest BCUT2D eigenvalue weighted by Crippen LogP contribution is 2.07. The van der Waals surface area contributed by atoms with Crippen LogP contribution in [0.15, 0.2) is 29.7 Å². The average Bonchev–Trinajstić information content (AvgIpc) is 2.79. The molecule has 1 heterocycles. The number of thiophene rings is 1. The molecule has 0 aromatic carbocycles. The van der Waals surface area contributed by atoms with E-state index in [1.807, 2.05) is 18.4 Å². The van der Waals surface area contributed by atoms with Gasteiger partial charge in [-0.1, -0.05) is 18.2 Å². The fourth-order valence-corrected chi connectivity index (χ4v) is 1.76. The molecule has 0 atom stereocenters. The van der Waals surface area contributed by atoms with E-state index in [-0.39, 0.29) is 18.2 Å². The van der Waals surface area contributed by atoms with E-state index in [0.29, 0.717) is 18.0 Å². The van der Waals surface area contributed by atoms with Gasteiger partial charge in [0.25, 0.3) is 5.91 Å². The van der Waals surface area contributed by atoms with Crippen LogP contribution in [0.5, 0.6) is 0 Å². The van der Waals surface area contributed by atoms with E-state index in [4.69, 9.17) is 0 Å². The predicted molar refractivity (Wildman–Crippen MR) is 69.1 cm³/mol. The number of carbonyl (C=O) groups excluding carboxylic acids is 2. The summed E-state index contributed by atoms with van der Waals surface area (Å²) in [5.74, 6) is -0.216. The molecular formula is C12H16N2O2S. The summed E-state index contributed by atoms with van der Waals surface area (Å²) in [4.78, 5) is 23.5. The van der Waals surface area contributed by atoms with Crippen LogP contribution in [0.2, 0.25) is 0 Å². The fourth-order valence-electron chi connectivity index (χ4n) is 1.12. The van der Waals surface area contributed by atoms with E-state index in [1.165, 1.54) is 11.3 Å². The van der Waals surface area contributed by atoms with Gasteiger partial charge in [0.1, 0.15) is 0 Å². The Kier molecular flexibility index (Phi) is 5.42. The van der Waals surface area contributed by atoms with Gasteiger partial charge >= 0.3 is 0 Å². The van der Waals surface area contributed by atoms with Crippen LogP contribution in [0.1, 0.15) is 23.0 Å². The molecule has 0 saturated carbocycles. The second-order valence-corrected chi connectivity index (χ2v) is 4.66. The minimum Gasteiger partial charge on any atom is -0.352 e. The number of rotatable bonds is 6. The highest BCUT2D eigenvalue weighted by Gasteiger charge is 2.06. The molecule has 0 radical (unpaired) electrons. The van der Waals surface area contributed by atoms with E-state index in [9.17, 15) is 9.59 Å². The Balaban J connectivity index is 2.17. The number of nitrogens with one attached hydrogen (secondary N) is 2. The standard InChI is InChI=1S/C12H16N2O2S/c1-9(2)8-14-11(15)5-6-13-12(16)10-4-3-7-17-10/h3-4,7H,1,5-6,8H2,2H3,(H,13,16)(H,14,15). The van der Waals surface area contributed by atoms with Gasteiger partial charge in [0.2, 0.25) is 5.91 Å². The van der Waals surface area contributed by atoms with Crippen molar-refractivity contribution in [3.63, 3.8) is 0 Å². The molecule has 0 aliphatic rings. The van der Waals surface area contributed by atoms with Gasteiger partial charge in [0, 0.05) is 19.5 Å². The molecule has 0 saturated heterocycles. The van der Waals surface area contributed by atoms with Crippen molar-refractivity contribution < 1.29 is 9.59 Å². The number of amides is 2. The summed E-state index contributed by atoms with van der Waals surface area (Å²) in [6.07, 6.45) is 0.282.